The van der Waals surface area contributed by atoms with Gasteiger partial charge in [0, 0.05) is 13.1 Å². The van der Waals surface area contributed by atoms with Crippen molar-refractivity contribution >= 4 is 20.0 Å². The van der Waals surface area contributed by atoms with E-state index in [2.05, 4.69) is 33.9 Å². The van der Waals surface area contributed by atoms with Gasteiger partial charge in [-0.1, -0.05) is 77.5 Å². The van der Waals surface area contributed by atoms with Gasteiger partial charge in [0.05, 0.1) is 32.1 Å². The second kappa shape index (κ2) is 10.5. The average Bonchev–Trinajstić information content (AvgIpc) is 2.97. The Bertz CT molecular complexity index is 774. The Hall–Kier alpha value is -1.66. The minimum Gasteiger partial charge on any atom is -0.465 e. The van der Waals surface area contributed by atoms with Gasteiger partial charge >= 0.3 is 5.97 Å². The molecule has 1 saturated heterocycles. The van der Waals surface area contributed by atoms with Crippen molar-refractivity contribution in [2.24, 2.45) is 11.3 Å². The van der Waals surface area contributed by atoms with Crippen LogP contribution in [0.3, 0.4) is 0 Å². The Morgan fingerprint density at radius 3 is 2.47 bits per heavy atom. The number of unbranched alkanes of at least 4 members (excludes halogenated alkanes) is 1. The molecule has 1 aliphatic heterocycles. The molecule has 0 bridgehead atoms. The predicted molar refractivity (Wildman–Crippen MR) is 132 cm³/mol. The number of carbonyl (C=O) groups excluding carboxylic acids is 2. The van der Waals surface area contributed by atoms with E-state index in [0.717, 1.165) is 24.8 Å². The third-order valence-electron chi connectivity index (χ3n) is 7.63. The van der Waals surface area contributed by atoms with Crippen molar-refractivity contribution in [2.75, 3.05) is 19.7 Å². The number of hydrogen-bond acceptors (Lipinski definition) is 4. The summed E-state index contributed by atoms with van der Waals surface area (Å²) in [4.78, 5) is 28.5. The number of aliphatic hydroxyl groups is 1. The van der Waals surface area contributed by atoms with E-state index in [1.807, 2.05) is 37.3 Å². The van der Waals surface area contributed by atoms with E-state index >= 15 is 0 Å². The first-order valence-electron chi connectivity index (χ1n) is 12.0. The van der Waals surface area contributed by atoms with E-state index in [0.29, 0.717) is 25.7 Å². The zero-order valence-electron chi connectivity index (χ0n) is 21.1. The van der Waals surface area contributed by atoms with E-state index in [-0.39, 0.29) is 16.9 Å². The summed E-state index contributed by atoms with van der Waals surface area (Å²) in [5.74, 6) is -1.25. The van der Waals surface area contributed by atoms with Crippen LogP contribution in [-0.4, -0.2) is 55.8 Å². The lowest BCUT2D eigenvalue weighted by Gasteiger charge is -2.40. The topological polar surface area (TPSA) is 66.8 Å². The summed E-state index contributed by atoms with van der Waals surface area (Å²) in [6.45, 7) is 16.1. The van der Waals surface area contributed by atoms with Crippen LogP contribution in [0, 0.1) is 11.3 Å². The van der Waals surface area contributed by atoms with Crippen molar-refractivity contribution < 1.29 is 19.4 Å². The fourth-order valence-corrected chi connectivity index (χ4v) is 6.24. The number of nitrogens with zero attached hydrogens (tertiary/aromatic N) is 1. The molecular weight excluding hydrogens is 418 g/mol. The molecule has 2 rings (SSSR count). The van der Waals surface area contributed by atoms with Crippen molar-refractivity contribution in [1.29, 1.82) is 0 Å². The molecule has 6 heteroatoms. The minimum absolute atomic E-state index is 0.0840. The zero-order chi connectivity index (χ0) is 24.2. The number of ether oxygens (including phenoxy) is 1. The molecule has 2 unspecified atom stereocenters. The van der Waals surface area contributed by atoms with Gasteiger partial charge in [0.2, 0.25) is 5.91 Å². The molecule has 1 amide bonds. The maximum Gasteiger partial charge on any atom is 0.314 e. The van der Waals surface area contributed by atoms with Gasteiger partial charge in [0.15, 0.2) is 0 Å². The van der Waals surface area contributed by atoms with Crippen LogP contribution in [0.15, 0.2) is 30.3 Å². The van der Waals surface area contributed by atoms with Crippen molar-refractivity contribution in [3.05, 3.63) is 35.9 Å². The Morgan fingerprint density at radius 2 is 1.91 bits per heavy atom. The first-order valence-corrected chi connectivity index (χ1v) is 15.2. The maximum absolute atomic E-state index is 13.5. The number of esters is 1. The van der Waals surface area contributed by atoms with E-state index in [1.165, 1.54) is 0 Å². The van der Waals surface area contributed by atoms with E-state index in [1.54, 1.807) is 11.8 Å². The highest BCUT2D eigenvalue weighted by Gasteiger charge is 2.58. The van der Waals surface area contributed by atoms with Gasteiger partial charge in [0.1, 0.15) is 0 Å². The number of carbonyl (C=O) groups is 2. The molecule has 5 nitrogen and oxygen atoms in total. The molecule has 0 spiro atoms. The molecule has 32 heavy (non-hydrogen) atoms. The molecular formula is C26H43NO4Si. The van der Waals surface area contributed by atoms with Crippen molar-refractivity contribution in [3.8, 4) is 0 Å². The first kappa shape index (κ1) is 26.6. The van der Waals surface area contributed by atoms with Gasteiger partial charge in [-0.2, -0.15) is 0 Å². The van der Waals surface area contributed by atoms with Crippen molar-refractivity contribution in [3.63, 3.8) is 0 Å². The Labute approximate surface area is 195 Å². The molecule has 1 N–H and O–H groups in total. The summed E-state index contributed by atoms with van der Waals surface area (Å²) in [5, 5.41) is 11.4. The highest BCUT2D eigenvalue weighted by atomic mass is 28.3. The monoisotopic (exact) mass is 461 g/mol. The molecule has 1 aliphatic rings. The van der Waals surface area contributed by atoms with Crippen molar-refractivity contribution in [2.45, 2.75) is 84.2 Å². The lowest BCUT2D eigenvalue weighted by molar-refractivity contribution is -0.160. The average molecular weight is 462 g/mol. The van der Waals surface area contributed by atoms with Crippen LogP contribution in [0.5, 0.6) is 0 Å². The van der Waals surface area contributed by atoms with Crippen LogP contribution in [0.4, 0.5) is 0 Å². The van der Waals surface area contributed by atoms with Crippen LogP contribution in [0.1, 0.15) is 53.0 Å². The molecule has 1 heterocycles. The van der Waals surface area contributed by atoms with Crippen LogP contribution in [0.25, 0.3) is 0 Å². The molecule has 1 aromatic rings. The van der Waals surface area contributed by atoms with Crippen LogP contribution in [-0.2, 0) is 20.7 Å². The van der Waals surface area contributed by atoms with Crippen molar-refractivity contribution in [1.82, 2.24) is 4.90 Å². The number of likely N-dealkylation sites (tertiary alicyclic amines) is 1. The number of hydrogen-bond donors (Lipinski definition) is 1. The zero-order valence-corrected chi connectivity index (χ0v) is 22.1. The van der Waals surface area contributed by atoms with Gasteiger partial charge in [-0.3, -0.25) is 9.59 Å². The summed E-state index contributed by atoms with van der Waals surface area (Å²) < 4.78 is 5.59. The third kappa shape index (κ3) is 6.01. The van der Waals surface area contributed by atoms with Crippen LogP contribution < -0.4 is 0 Å². The SMILES string of the molecule is CCCCOC(=O)[C@]1(C)CN(CCc2ccccc2)C(=O)C1C(O)C[Si](C)(C)C(C)(C)C. The van der Waals surface area contributed by atoms with E-state index < -0.39 is 25.5 Å². The second-order valence-electron chi connectivity index (χ2n) is 11.3. The van der Waals surface area contributed by atoms with E-state index in [4.69, 9.17) is 4.74 Å². The molecule has 1 aromatic carbocycles. The molecule has 0 radical (unpaired) electrons. The molecule has 0 aromatic heterocycles. The summed E-state index contributed by atoms with van der Waals surface area (Å²) >= 11 is 0. The van der Waals surface area contributed by atoms with E-state index in [9.17, 15) is 14.7 Å². The second-order valence-corrected chi connectivity index (χ2v) is 17.0. The van der Waals surface area contributed by atoms with Gasteiger partial charge in [-0.05, 0) is 36.4 Å². The lowest BCUT2D eigenvalue weighted by atomic mass is 9.77. The highest BCUT2D eigenvalue weighted by molar-refractivity contribution is 6.80. The van der Waals surface area contributed by atoms with Gasteiger partial charge in [0.25, 0.3) is 0 Å². The third-order valence-corrected chi connectivity index (χ3v) is 13.1. The molecule has 1 fully saturated rings. The maximum atomic E-state index is 13.5. The Balaban J connectivity index is 2.26. The molecule has 180 valence electrons. The summed E-state index contributed by atoms with van der Waals surface area (Å²) in [6, 6.07) is 10.6. The fourth-order valence-electron chi connectivity index (χ4n) is 4.34. The summed E-state index contributed by atoms with van der Waals surface area (Å²) in [5.41, 5.74) is 0.112. The normalized spacial score (nSPS) is 22.8. The molecule has 0 saturated carbocycles. The van der Waals surface area contributed by atoms with Crippen LogP contribution in [0.2, 0.25) is 24.2 Å². The number of aliphatic hydroxyl groups excluding tert-OH is 1. The minimum atomic E-state index is -1.86. The first-order chi connectivity index (χ1) is 14.8. The lowest BCUT2D eigenvalue weighted by Crippen LogP contribution is -2.48. The number of amides is 1. The fraction of sp³-hybridized carbons (Fsp3) is 0.692. The largest absolute Gasteiger partial charge is 0.465 e. The van der Waals surface area contributed by atoms with Gasteiger partial charge in [-0.15, -0.1) is 0 Å². The highest BCUT2D eigenvalue weighted by Crippen LogP contribution is 2.45. The van der Waals surface area contributed by atoms with Gasteiger partial charge < -0.3 is 14.7 Å². The summed E-state index contributed by atoms with van der Waals surface area (Å²) in [6.07, 6.45) is 1.60. The Morgan fingerprint density at radius 1 is 1.28 bits per heavy atom. The quantitative estimate of drug-likeness (QED) is 0.305. The van der Waals surface area contributed by atoms with Crippen LogP contribution >= 0.6 is 0 Å². The number of benzene rings is 1. The molecule has 0 aliphatic carbocycles. The number of rotatable bonds is 10. The smallest absolute Gasteiger partial charge is 0.314 e. The standard InChI is InChI=1S/C26H43NO4Si/c1-8-9-17-31-24(30)26(5)19-27(16-15-20-13-11-10-12-14-20)23(29)22(26)21(28)18-32(6,7)25(2,3)4/h10-14,21-22,28H,8-9,15-19H2,1-7H3/t21?,22?,26-/m1/s1. The summed E-state index contributed by atoms with van der Waals surface area (Å²) in [7, 11) is -1.86. The Kier molecular flexibility index (Phi) is 8.73. The predicted octanol–water partition coefficient (Wildman–Crippen LogP) is 4.91. The molecule has 3 atom stereocenters. The van der Waals surface area contributed by atoms with Gasteiger partial charge in [-0.25, -0.2) is 0 Å².